The van der Waals surface area contributed by atoms with Gasteiger partial charge in [-0.15, -0.1) is 0 Å². The maximum Gasteiger partial charge on any atom is 0.152 e. The number of nitrogens with zero attached hydrogens (tertiary/aromatic N) is 4. The van der Waals surface area contributed by atoms with Crippen molar-refractivity contribution < 1.29 is 8.78 Å². The summed E-state index contributed by atoms with van der Waals surface area (Å²) in [6, 6.07) is 9.28. The van der Waals surface area contributed by atoms with Crippen molar-refractivity contribution in [2.24, 2.45) is 7.05 Å². The zero-order chi connectivity index (χ0) is 20.5. The Morgan fingerprint density at radius 2 is 1.86 bits per heavy atom. The molecule has 0 bridgehead atoms. The summed E-state index contributed by atoms with van der Waals surface area (Å²) < 4.78 is 28.9. The maximum atomic E-state index is 14.1. The molecular formula is C20H15ClF2N6. The normalized spacial score (nSPS) is 10.9. The largest absolute Gasteiger partial charge is 0.397 e. The molecule has 0 radical (unpaired) electrons. The van der Waals surface area contributed by atoms with Gasteiger partial charge < -0.3 is 11.1 Å². The standard InChI is InChI=1S/C20H15ClF2N6/c1-29-10-13(8-26-29)11-2-3-17(16(24)4-11)27-19-6-12(5-18(21)28-19)20-15(23)7-14(22)9-25-20/h2-10H,24H2,1H3,(H,27,28). The van der Waals surface area contributed by atoms with Crippen molar-refractivity contribution >= 4 is 28.8 Å². The number of rotatable bonds is 4. The van der Waals surface area contributed by atoms with E-state index in [2.05, 4.69) is 20.4 Å². The SMILES string of the molecule is Cn1cc(-c2ccc(Nc3cc(-c4ncc(F)cc4F)cc(Cl)n3)c(N)c2)cn1. The van der Waals surface area contributed by atoms with Gasteiger partial charge in [0, 0.05) is 30.4 Å². The van der Waals surface area contributed by atoms with E-state index in [9.17, 15) is 8.78 Å². The van der Waals surface area contributed by atoms with Crippen LogP contribution in [0.2, 0.25) is 5.15 Å². The van der Waals surface area contributed by atoms with Crippen molar-refractivity contribution in [3.8, 4) is 22.4 Å². The molecule has 0 amide bonds. The first-order valence-electron chi connectivity index (χ1n) is 8.53. The average Bonchev–Trinajstić information content (AvgIpc) is 3.09. The average molecular weight is 413 g/mol. The zero-order valence-corrected chi connectivity index (χ0v) is 16.0. The minimum Gasteiger partial charge on any atom is -0.397 e. The van der Waals surface area contributed by atoms with Gasteiger partial charge in [-0.1, -0.05) is 17.7 Å². The highest BCUT2D eigenvalue weighted by atomic mass is 35.5. The van der Waals surface area contributed by atoms with Crippen molar-refractivity contribution in [2.75, 3.05) is 11.1 Å². The van der Waals surface area contributed by atoms with Crippen LogP contribution in [0.3, 0.4) is 0 Å². The molecular weight excluding hydrogens is 398 g/mol. The molecule has 29 heavy (non-hydrogen) atoms. The minimum absolute atomic E-state index is 0.0290. The lowest BCUT2D eigenvalue weighted by Gasteiger charge is -2.12. The molecule has 0 saturated heterocycles. The second kappa shape index (κ2) is 7.48. The van der Waals surface area contributed by atoms with E-state index < -0.39 is 11.6 Å². The van der Waals surface area contributed by atoms with Crippen molar-refractivity contribution in [1.29, 1.82) is 0 Å². The summed E-state index contributed by atoms with van der Waals surface area (Å²) in [6.45, 7) is 0. The molecule has 4 aromatic rings. The van der Waals surface area contributed by atoms with Crippen molar-refractivity contribution in [3.63, 3.8) is 0 Å². The molecule has 9 heteroatoms. The third kappa shape index (κ3) is 4.02. The molecule has 6 nitrogen and oxygen atoms in total. The third-order valence-corrected chi connectivity index (χ3v) is 4.42. The summed E-state index contributed by atoms with van der Waals surface area (Å²) in [6.07, 6.45) is 4.57. The van der Waals surface area contributed by atoms with Crippen LogP contribution in [-0.2, 0) is 7.05 Å². The second-order valence-corrected chi connectivity index (χ2v) is 6.76. The van der Waals surface area contributed by atoms with Crippen LogP contribution in [0, 0.1) is 11.6 Å². The molecule has 0 aliphatic heterocycles. The molecule has 0 aliphatic carbocycles. The number of pyridine rings is 2. The van der Waals surface area contributed by atoms with Gasteiger partial charge in [-0.25, -0.2) is 13.8 Å². The molecule has 3 N–H and O–H groups in total. The Hall–Kier alpha value is -3.52. The molecule has 3 heterocycles. The van der Waals surface area contributed by atoms with Gasteiger partial charge in [0.1, 0.15) is 22.5 Å². The lowest BCUT2D eigenvalue weighted by molar-refractivity contribution is 0.576. The number of aromatic nitrogens is 4. The Morgan fingerprint density at radius 3 is 2.55 bits per heavy atom. The van der Waals surface area contributed by atoms with Gasteiger partial charge in [-0.3, -0.25) is 9.67 Å². The lowest BCUT2D eigenvalue weighted by Crippen LogP contribution is -2.00. The van der Waals surface area contributed by atoms with Crippen LogP contribution in [0.25, 0.3) is 22.4 Å². The van der Waals surface area contributed by atoms with Crippen molar-refractivity contribution in [3.05, 3.63) is 71.8 Å². The molecule has 0 unspecified atom stereocenters. The first kappa shape index (κ1) is 18.8. The van der Waals surface area contributed by atoms with Crippen molar-refractivity contribution in [2.45, 2.75) is 0 Å². The van der Waals surface area contributed by atoms with E-state index in [4.69, 9.17) is 17.3 Å². The summed E-state index contributed by atoms with van der Waals surface area (Å²) in [5, 5.41) is 7.35. The molecule has 0 atom stereocenters. The second-order valence-electron chi connectivity index (χ2n) is 6.38. The van der Waals surface area contributed by atoms with Gasteiger partial charge >= 0.3 is 0 Å². The number of nitrogens with one attached hydrogen (secondary N) is 1. The first-order chi connectivity index (χ1) is 13.9. The Bertz CT molecular complexity index is 1210. The number of hydrogen-bond acceptors (Lipinski definition) is 5. The monoisotopic (exact) mass is 412 g/mol. The summed E-state index contributed by atoms with van der Waals surface area (Å²) in [7, 11) is 1.84. The summed E-state index contributed by atoms with van der Waals surface area (Å²) >= 11 is 6.08. The topological polar surface area (TPSA) is 81.7 Å². The molecule has 0 spiro atoms. The molecule has 1 aromatic carbocycles. The third-order valence-electron chi connectivity index (χ3n) is 4.23. The van der Waals surface area contributed by atoms with Crippen LogP contribution in [0.4, 0.5) is 26.0 Å². The fourth-order valence-electron chi connectivity index (χ4n) is 2.89. The summed E-state index contributed by atoms with van der Waals surface area (Å²) in [4.78, 5) is 7.99. The van der Waals surface area contributed by atoms with E-state index in [1.165, 1.54) is 6.07 Å². The van der Waals surface area contributed by atoms with Gasteiger partial charge in [0.2, 0.25) is 0 Å². The Labute approximate surface area is 170 Å². The summed E-state index contributed by atoms with van der Waals surface area (Å²) in [5.74, 6) is -1.20. The molecule has 146 valence electrons. The summed E-state index contributed by atoms with van der Waals surface area (Å²) in [5.41, 5.74) is 9.45. The number of hydrogen-bond donors (Lipinski definition) is 2. The minimum atomic E-state index is -0.793. The van der Waals surface area contributed by atoms with Crippen LogP contribution >= 0.6 is 11.6 Å². The van der Waals surface area contributed by atoms with Crippen LogP contribution in [0.1, 0.15) is 0 Å². The molecule has 3 aromatic heterocycles. The fraction of sp³-hybridized carbons (Fsp3) is 0.0500. The number of anilines is 3. The van der Waals surface area contributed by atoms with Crippen LogP contribution < -0.4 is 11.1 Å². The molecule has 0 saturated carbocycles. The molecule has 4 rings (SSSR count). The Morgan fingerprint density at radius 1 is 1.03 bits per heavy atom. The quantitative estimate of drug-likeness (QED) is 0.371. The van der Waals surface area contributed by atoms with E-state index in [0.29, 0.717) is 22.8 Å². The Kier molecular flexibility index (Phi) is 4.85. The van der Waals surface area contributed by atoms with Crippen LogP contribution in [0.5, 0.6) is 0 Å². The van der Waals surface area contributed by atoms with Gasteiger partial charge in [0.25, 0.3) is 0 Å². The fourth-order valence-corrected chi connectivity index (χ4v) is 3.10. The predicted octanol–water partition coefficient (Wildman–Crippen LogP) is 4.80. The number of aryl methyl sites for hydroxylation is 1. The molecule has 0 aliphatic rings. The predicted molar refractivity (Wildman–Crippen MR) is 109 cm³/mol. The van der Waals surface area contributed by atoms with Gasteiger partial charge in [-0.2, -0.15) is 5.10 Å². The first-order valence-corrected chi connectivity index (χ1v) is 8.91. The highest BCUT2D eigenvalue weighted by Gasteiger charge is 2.12. The van der Waals surface area contributed by atoms with E-state index in [1.54, 1.807) is 23.0 Å². The smallest absolute Gasteiger partial charge is 0.152 e. The zero-order valence-electron chi connectivity index (χ0n) is 15.2. The van der Waals surface area contributed by atoms with Crippen LogP contribution in [-0.4, -0.2) is 19.7 Å². The van der Waals surface area contributed by atoms with E-state index in [0.717, 1.165) is 23.4 Å². The van der Waals surface area contributed by atoms with Gasteiger partial charge in [0.05, 0.1) is 23.8 Å². The van der Waals surface area contributed by atoms with Gasteiger partial charge in [-0.05, 0) is 29.8 Å². The number of nitrogens with two attached hydrogens (primary N) is 1. The van der Waals surface area contributed by atoms with E-state index in [1.807, 2.05) is 25.4 Å². The highest BCUT2D eigenvalue weighted by molar-refractivity contribution is 6.29. The highest BCUT2D eigenvalue weighted by Crippen LogP contribution is 2.31. The number of nitrogen functional groups attached to an aromatic ring is 1. The number of halogens is 3. The maximum absolute atomic E-state index is 14.1. The van der Waals surface area contributed by atoms with Gasteiger partial charge in [0.15, 0.2) is 5.82 Å². The van der Waals surface area contributed by atoms with Crippen molar-refractivity contribution in [1.82, 2.24) is 19.7 Å². The lowest BCUT2D eigenvalue weighted by atomic mass is 10.1. The van der Waals surface area contributed by atoms with E-state index >= 15 is 0 Å². The van der Waals surface area contributed by atoms with E-state index in [-0.39, 0.29) is 10.8 Å². The number of benzene rings is 1. The Balaban J connectivity index is 1.65. The molecule has 0 fully saturated rings. The van der Waals surface area contributed by atoms with Crippen LogP contribution in [0.15, 0.2) is 55.0 Å².